The molecular formula is C41H81NO8P+. The summed E-state index contributed by atoms with van der Waals surface area (Å²) >= 11 is 0. The van der Waals surface area contributed by atoms with Crippen molar-refractivity contribution in [1.29, 1.82) is 0 Å². The van der Waals surface area contributed by atoms with Gasteiger partial charge in [0.25, 0.3) is 0 Å². The minimum absolute atomic E-state index is 0.0340. The predicted octanol–water partition coefficient (Wildman–Crippen LogP) is 11.4. The highest BCUT2D eigenvalue weighted by Gasteiger charge is 2.27. The Morgan fingerprint density at radius 1 is 0.588 bits per heavy atom. The molecule has 2 unspecified atom stereocenters. The summed E-state index contributed by atoms with van der Waals surface area (Å²) in [6.07, 6.45) is 34.1. The fraction of sp³-hybridized carbons (Fsp3) is 0.902. The van der Waals surface area contributed by atoms with Crippen LogP contribution in [0.1, 0.15) is 187 Å². The number of phosphoric ester groups is 1. The number of unbranched alkanes of at least 4 members (excludes halogenated alkanes) is 22. The van der Waals surface area contributed by atoms with Gasteiger partial charge in [-0.25, -0.2) is 4.57 Å². The van der Waals surface area contributed by atoms with Crippen molar-refractivity contribution in [3.05, 3.63) is 12.2 Å². The lowest BCUT2D eigenvalue weighted by atomic mass is 10.1. The van der Waals surface area contributed by atoms with Gasteiger partial charge in [0.2, 0.25) is 0 Å². The van der Waals surface area contributed by atoms with Gasteiger partial charge < -0.3 is 18.9 Å². The number of allylic oxidation sites excluding steroid dienone is 2. The summed E-state index contributed by atoms with van der Waals surface area (Å²) in [7, 11) is 1.48. The minimum Gasteiger partial charge on any atom is -0.462 e. The molecule has 0 saturated heterocycles. The third-order valence-corrected chi connectivity index (χ3v) is 10.0. The summed E-state index contributed by atoms with van der Waals surface area (Å²) in [6, 6.07) is 0. The first-order valence-corrected chi connectivity index (χ1v) is 22.4. The van der Waals surface area contributed by atoms with Crippen LogP contribution in [-0.4, -0.2) is 74.9 Å². The Labute approximate surface area is 314 Å². The highest BCUT2D eigenvalue weighted by Crippen LogP contribution is 2.43. The van der Waals surface area contributed by atoms with E-state index in [1.807, 2.05) is 21.1 Å². The molecule has 0 heterocycles. The second-order valence-corrected chi connectivity index (χ2v) is 16.8. The molecule has 51 heavy (non-hydrogen) atoms. The third kappa shape index (κ3) is 38.3. The number of hydrogen-bond acceptors (Lipinski definition) is 7. The topological polar surface area (TPSA) is 108 Å². The molecule has 0 amide bonds. The van der Waals surface area contributed by atoms with Crippen molar-refractivity contribution in [3.8, 4) is 0 Å². The average molecular weight is 747 g/mol. The Morgan fingerprint density at radius 2 is 1.00 bits per heavy atom. The molecular weight excluding hydrogens is 665 g/mol. The Hall–Kier alpha value is -1.25. The number of carbonyl (C=O) groups is 2. The van der Waals surface area contributed by atoms with E-state index >= 15 is 0 Å². The van der Waals surface area contributed by atoms with Gasteiger partial charge >= 0.3 is 19.8 Å². The van der Waals surface area contributed by atoms with Gasteiger partial charge in [-0.15, -0.1) is 0 Å². The van der Waals surface area contributed by atoms with Gasteiger partial charge in [-0.1, -0.05) is 148 Å². The summed E-state index contributed by atoms with van der Waals surface area (Å²) in [5.41, 5.74) is 0. The maximum Gasteiger partial charge on any atom is 0.472 e. The van der Waals surface area contributed by atoms with Crippen LogP contribution < -0.4 is 0 Å². The molecule has 2 atom stereocenters. The lowest BCUT2D eigenvalue weighted by Crippen LogP contribution is -2.37. The number of phosphoric acid groups is 1. The first-order valence-electron chi connectivity index (χ1n) is 20.9. The molecule has 0 aromatic rings. The third-order valence-electron chi connectivity index (χ3n) is 9.05. The fourth-order valence-electron chi connectivity index (χ4n) is 5.71. The fourth-order valence-corrected chi connectivity index (χ4v) is 6.46. The maximum absolute atomic E-state index is 12.6. The van der Waals surface area contributed by atoms with Gasteiger partial charge in [-0.2, -0.15) is 0 Å². The van der Waals surface area contributed by atoms with Gasteiger partial charge in [-0.3, -0.25) is 18.6 Å². The lowest BCUT2D eigenvalue weighted by molar-refractivity contribution is -0.870. The summed E-state index contributed by atoms with van der Waals surface area (Å²) in [5, 5.41) is 0. The van der Waals surface area contributed by atoms with E-state index in [-0.39, 0.29) is 25.6 Å². The van der Waals surface area contributed by atoms with Crippen LogP contribution >= 0.6 is 7.82 Å². The van der Waals surface area contributed by atoms with E-state index in [1.54, 1.807) is 0 Å². The number of hydrogen-bond donors (Lipinski definition) is 1. The Bertz CT molecular complexity index is 891. The van der Waals surface area contributed by atoms with Crippen LogP contribution in [-0.2, 0) is 32.7 Å². The highest BCUT2D eigenvalue weighted by molar-refractivity contribution is 7.47. The Balaban J connectivity index is 4.27. The van der Waals surface area contributed by atoms with E-state index in [1.165, 1.54) is 122 Å². The van der Waals surface area contributed by atoms with Crippen LogP contribution in [0.25, 0.3) is 0 Å². The van der Waals surface area contributed by atoms with Crippen molar-refractivity contribution in [2.75, 3.05) is 47.5 Å². The monoisotopic (exact) mass is 747 g/mol. The SMILES string of the molecule is CCCCCCCC/C=C\CCCCCCCCCCCC(=O)OC(COC(=O)CCCCCCCCCC)COP(=O)(O)OCC[N+](C)(C)C. The normalized spacial score (nSPS) is 13.8. The largest absolute Gasteiger partial charge is 0.472 e. The van der Waals surface area contributed by atoms with Crippen LogP contribution in [0.3, 0.4) is 0 Å². The number of quaternary nitrogens is 1. The zero-order chi connectivity index (χ0) is 37.9. The molecule has 0 aromatic heterocycles. The van der Waals surface area contributed by atoms with Crippen molar-refractivity contribution in [3.63, 3.8) is 0 Å². The van der Waals surface area contributed by atoms with E-state index < -0.39 is 26.5 Å². The Morgan fingerprint density at radius 3 is 1.45 bits per heavy atom. The number of rotatable bonds is 38. The molecule has 0 aliphatic rings. The molecule has 0 rings (SSSR count). The van der Waals surface area contributed by atoms with Crippen LogP contribution in [0.2, 0.25) is 0 Å². The summed E-state index contributed by atoms with van der Waals surface area (Å²) in [6.45, 7) is 4.39. The van der Waals surface area contributed by atoms with Crippen molar-refractivity contribution < 1.29 is 42.1 Å². The average Bonchev–Trinajstić information content (AvgIpc) is 3.07. The van der Waals surface area contributed by atoms with E-state index in [2.05, 4.69) is 26.0 Å². The molecule has 0 bridgehead atoms. The van der Waals surface area contributed by atoms with Crippen molar-refractivity contribution in [2.24, 2.45) is 0 Å². The zero-order valence-electron chi connectivity index (χ0n) is 33.9. The molecule has 0 aliphatic heterocycles. The second kappa shape index (κ2) is 34.5. The van der Waals surface area contributed by atoms with Gasteiger partial charge in [0.15, 0.2) is 6.10 Å². The highest BCUT2D eigenvalue weighted by atomic mass is 31.2. The van der Waals surface area contributed by atoms with E-state index in [9.17, 15) is 19.0 Å². The summed E-state index contributed by atoms with van der Waals surface area (Å²) < 4.78 is 34.2. The van der Waals surface area contributed by atoms with Gasteiger partial charge in [0.1, 0.15) is 19.8 Å². The lowest BCUT2D eigenvalue weighted by Gasteiger charge is -2.24. The number of nitrogens with zero attached hydrogens (tertiary/aromatic N) is 1. The summed E-state index contributed by atoms with van der Waals surface area (Å²) in [4.78, 5) is 35.1. The van der Waals surface area contributed by atoms with E-state index in [4.69, 9.17) is 18.5 Å². The van der Waals surface area contributed by atoms with Crippen molar-refractivity contribution >= 4 is 19.8 Å². The van der Waals surface area contributed by atoms with Crippen LogP contribution in [0, 0.1) is 0 Å². The number of ether oxygens (including phenoxy) is 2. The Kier molecular flexibility index (Phi) is 33.7. The van der Waals surface area contributed by atoms with Crippen LogP contribution in [0.4, 0.5) is 0 Å². The van der Waals surface area contributed by atoms with Gasteiger partial charge in [0, 0.05) is 12.8 Å². The molecule has 0 spiro atoms. The smallest absolute Gasteiger partial charge is 0.462 e. The number of esters is 2. The molecule has 0 aromatic carbocycles. The first-order chi connectivity index (χ1) is 24.5. The van der Waals surface area contributed by atoms with Crippen molar-refractivity contribution in [1.82, 2.24) is 0 Å². The molecule has 0 aliphatic carbocycles. The van der Waals surface area contributed by atoms with Gasteiger partial charge in [-0.05, 0) is 38.5 Å². The molecule has 0 fully saturated rings. The maximum atomic E-state index is 12.6. The zero-order valence-corrected chi connectivity index (χ0v) is 34.7. The predicted molar refractivity (Wildman–Crippen MR) is 211 cm³/mol. The van der Waals surface area contributed by atoms with Crippen molar-refractivity contribution in [2.45, 2.75) is 193 Å². The number of carbonyl (C=O) groups excluding carboxylic acids is 2. The van der Waals surface area contributed by atoms with Gasteiger partial charge in [0.05, 0.1) is 27.7 Å². The quantitative estimate of drug-likeness (QED) is 0.0219. The first kappa shape index (κ1) is 49.8. The standard InChI is InChI=1S/C41H80NO8P/c1-6-8-10-12-14-16-17-18-19-20-21-22-23-24-25-26-28-30-32-34-41(44)50-39(38-49-51(45,46)48-36-35-42(3,4)5)37-47-40(43)33-31-29-27-15-13-11-9-7-2/h18-19,39H,6-17,20-38H2,1-5H3/p+1/b19-18-. The summed E-state index contributed by atoms with van der Waals surface area (Å²) in [5.74, 6) is -0.800. The van der Waals surface area contributed by atoms with E-state index in [0.29, 0.717) is 23.9 Å². The number of likely N-dealkylation sites (N-methyl/N-ethyl adjacent to an activating group) is 1. The molecule has 9 nitrogen and oxygen atoms in total. The molecule has 10 heteroatoms. The molecule has 0 saturated carbocycles. The van der Waals surface area contributed by atoms with E-state index in [0.717, 1.165) is 32.1 Å². The van der Waals surface area contributed by atoms with Crippen LogP contribution in [0.15, 0.2) is 12.2 Å². The van der Waals surface area contributed by atoms with Crippen LogP contribution in [0.5, 0.6) is 0 Å². The molecule has 1 N–H and O–H groups in total. The minimum atomic E-state index is -4.36. The molecule has 302 valence electrons. The molecule has 0 radical (unpaired) electrons. The second-order valence-electron chi connectivity index (χ2n) is 15.4.